The quantitative estimate of drug-likeness (QED) is 0.355. The number of hydrogen-bond donors (Lipinski definition) is 0. The summed E-state index contributed by atoms with van der Waals surface area (Å²) in [5.41, 5.74) is 6.83. The zero-order valence-corrected chi connectivity index (χ0v) is 20.6. The van der Waals surface area contributed by atoms with E-state index in [0.29, 0.717) is 25.7 Å². The van der Waals surface area contributed by atoms with E-state index >= 15 is 0 Å². The van der Waals surface area contributed by atoms with Gasteiger partial charge in [-0.2, -0.15) is 0 Å². The smallest absolute Gasteiger partial charge is 0.268 e. The molecule has 1 amide bonds. The van der Waals surface area contributed by atoms with Crippen molar-refractivity contribution < 1.29 is 4.79 Å². The molecule has 3 aromatic rings. The normalized spacial score (nSPS) is 16.4. The number of aryl methyl sites for hydroxylation is 4. The SMILES string of the molecule is Cc1ccc(N=C2S/C(=C/c3c(Cl)cccc3Cl)C(=O)N2c2ccc(C)c(C)c2)cc1C. The van der Waals surface area contributed by atoms with Gasteiger partial charge in [0, 0.05) is 15.6 Å². The zero-order chi connectivity index (χ0) is 23.0. The summed E-state index contributed by atoms with van der Waals surface area (Å²) in [6.45, 7) is 8.20. The lowest BCUT2D eigenvalue weighted by Gasteiger charge is -2.17. The van der Waals surface area contributed by atoms with Crippen molar-refractivity contribution in [1.82, 2.24) is 0 Å². The van der Waals surface area contributed by atoms with Crippen LogP contribution in [0.25, 0.3) is 6.08 Å². The molecule has 1 fully saturated rings. The van der Waals surface area contributed by atoms with Crippen LogP contribution in [-0.4, -0.2) is 11.1 Å². The van der Waals surface area contributed by atoms with Crippen molar-refractivity contribution in [3.8, 4) is 0 Å². The van der Waals surface area contributed by atoms with Crippen molar-refractivity contribution in [1.29, 1.82) is 0 Å². The van der Waals surface area contributed by atoms with Crippen molar-refractivity contribution in [2.75, 3.05) is 4.90 Å². The molecule has 0 bridgehead atoms. The lowest BCUT2D eigenvalue weighted by molar-refractivity contribution is -0.113. The maximum Gasteiger partial charge on any atom is 0.271 e. The Kier molecular flexibility index (Phi) is 6.47. The average molecular weight is 481 g/mol. The first-order chi connectivity index (χ1) is 15.2. The van der Waals surface area contributed by atoms with Gasteiger partial charge < -0.3 is 0 Å². The van der Waals surface area contributed by atoms with Gasteiger partial charge >= 0.3 is 0 Å². The van der Waals surface area contributed by atoms with Crippen LogP contribution in [0.15, 0.2) is 64.5 Å². The standard InChI is InChI=1S/C26H22Cl2N2OS/c1-15-8-10-19(12-17(15)3)29-26-30(20-11-9-16(2)18(4)13-20)25(31)24(32-26)14-21-22(27)6-5-7-23(21)28/h5-14H,1-4H3/b24-14+,29-26?. The Hall–Kier alpha value is -2.53. The molecule has 1 saturated heterocycles. The summed E-state index contributed by atoms with van der Waals surface area (Å²) < 4.78 is 0. The van der Waals surface area contributed by atoms with E-state index in [4.69, 9.17) is 28.2 Å². The van der Waals surface area contributed by atoms with Gasteiger partial charge in [-0.3, -0.25) is 9.69 Å². The monoisotopic (exact) mass is 480 g/mol. The molecule has 6 heteroatoms. The number of carbonyl (C=O) groups is 1. The maximum atomic E-state index is 13.5. The number of hydrogen-bond acceptors (Lipinski definition) is 3. The Morgan fingerprint density at radius 1 is 0.844 bits per heavy atom. The summed E-state index contributed by atoms with van der Waals surface area (Å²) in [5.74, 6) is -0.156. The van der Waals surface area contributed by atoms with E-state index < -0.39 is 0 Å². The third-order valence-corrected chi connectivity index (χ3v) is 7.17. The number of anilines is 1. The van der Waals surface area contributed by atoms with Crippen LogP contribution in [0.3, 0.4) is 0 Å². The van der Waals surface area contributed by atoms with Crippen LogP contribution in [0.2, 0.25) is 10.0 Å². The second kappa shape index (κ2) is 9.14. The summed E-state index contributed by atoms with van der Waals surface area (Å²) in [4.78, 5) is 20.5. The fraction of sp³-hybridized carbons (Fsp3) is 0.154. The van der Waals surface area contributed by atoms with Gasteiger partial charge in [0.05, 0.1) is 16.3 Å². The number of rotatable bonds is 3. The number of halogens is 2. The molecule has 0 aliphatic carbocycles. The van der Waals surface area contributed by atoms with E-state index in [1.165, 1.54) is 22.9 Å². The van der Waals surface area contributed by atoms with Gasteiger partial charge in [-0.05, 0) is 104 Å². The molecule has 1 aliphatic heterocycles. The van der Waals surface area contributed by atoms with Crippen LogP contribution in [-0.2, 0) is 4.79 Å². The van der Waals surface area contributed by atoms with Gasteiger partial charge in [0.1, 0.15) is 0 Å². The van der Waals surface area contributed by atoms with Crippen LogP contribution in [0.5, 0.6) is 0 Å². The van der Waals surface area contributed by atoms with Crippen LogP contribution >= 0.6 is 35.0 Å². The summed E-state index contributed by atoms with van der Waals surface area (Å²) >= 11 is 14.0. The molecule has 3 nitrogen and oxygen atoms in total. The second-order valence-corrected chi connectivity index (χ2v) is 9.64. The predicted octanol–water partition coefficient (Wildman–Crippen LogP) is 8.04. The van der Waals surface area contributed by atoms with E-state index in [-0.39, 0.29) is 5.91 Å². The van der Waals surface area contributed by atoms with Crippen molar-refractivity contribution in [2.24, 2.45) is 4.99 Å². The lowest BCUT2D eigenvalue weighted by Crippen LogP contribution is -2.28. The Bertz CT molecular complexity index is 1280. The first-order valence-electron chi connectivity index (χ1n) is 10.2. The highest BCUT2D eigenvalue weighted by molar-refractivity contribution is 8.19. The van der Waals surface area contributed by atoms with Crippen molar-refractivity contribution in [2.45, 2.75) is 27.7 Å². The highest BCUT2D eigenvalue weighted by Gasteiger charge is 2.35. The third kappa shape index (κ3) is 4.49. The third-order valence-electron chi connectivity index (χ3n) is 5.55. The van der Waals surface area contributed by atoms with Crippen molar-refractivity contribution in [3.63, 3.8) is 0 Å². The number of carbonyl (C=O) groups excluding carboxylic acids is 1. The maximum absolute atomic E-state index is 13.5. The first kappa shape index (κ1) is 22.7. The van der Waals surface area contributed by atoms with Crippen LogP contribution in [0, 0.1) is 27.7 Å². The van der Waals surface area contributed by atoms with Gasteiger partial charge in [-0.1, -0.05) is 41.4 Å². The largest absolute Gasteiger partial charge is 0.271 e. The fourth-order valence-electron chi connectivity index (χ4n) is 3.33. The predicted molar refractivity (Wildman–Crippen MR) is 138 cm³/mol. The van der Waals surface area contributed by atoms with Gasteiger partial charge in [-0.15, -0.1) is 0 Å². The Balaban J connectivity index is 1.84. The van der Waals surface area contributed by atoms with Crippen LogP contribution < -0.4 is 4.90 Å². The molecule has 1 aliphatic rings. The summed E-state index contributed by atoms with van der Waals surface area (Å²) in [7, 11) is 0. The van der Waals surface area contributed by atoms with E-state index in [1.54, 1.807) is 29.2 Å². The highest BCUT2D eigenvalue weighted by atomic mass is 35.5. The van der Waals surface area contributed by atoms with Crippen LogP contribution in [0.4, 0.5) is 11.4 Å². The van der Waals surface area contributed by atoms with Crippen molar-refractivity contribution in [3.05, 3.63) is 97.4 Å². The molecule has 0 saturated carbocycles. The summed E-state index contributed by atoms with van der Waals surface area (Å²) in [5, 5.41) is 1.59. The van der Waals surface area contributed by atoms with E-state index in [9.17, 15) is 4.79 Å². The highest BCUT2D eigenvalue weighted by Crippen LogP contribution is 2.39. The number of nitrogens with zero attached hydrogens (tertiary/aromatic N) is 2. The fourth-order valence-corrected chi connectivity index (χ4v) is 4.82. The topological polar surface area (TPSA) is 32.7 Å². The molecule has 3 aromatic carbocycles. The van der Waals surface area contributed by atoms with Gasteiger partial charge in [0.2, 0.25) is 0 Å². The zero-order valence-electron chi connectivity index (χ0n) is 18.2. The molecule has 32 heavy (non-hydrogen) atoms. The van der Waals surface area contributed by atoms with Gasteiger partial charge in [0.25, 0.3) is 5.91 Å². The average Bonchev–Trinajstić information content (AvgIpc) is 3.04. The number of aliphatic imine (C=N–C) groups is 1. The molecule has 162 valence electrons. The van der Waals surface area contributed by atoms with E-state index in [2.05, 4.69) is 20.8 Å². The van der Waals surface area contributed by atoms with E-state index in [1.807, 2.05) is 43.3 Å². The summed E-state index contributed by atoms with van der Waals surface area (Å²) in [6, 6.07) is 17.3. The Morgan fingerprint density at radius 3 is 2.09 bits per heavy atom. The van der Waals surface area contributed by atoms with Gasteiger partial charge in [-0.25, -0.2) is 4.99 Å². The first-order valence-corrected chi connectivity index (χ1v) is 11.7. The molecular formula is C26H22Cl2N2OS. The van der Waals surface area contributed by atoms with Crippen LogP contribution in [0.1, 0.15) is 27.8 Å². The second-order valence-electron chi connectivity index (χ2n) is 7.82. The molecule has 0 aromatic heterocycles. The van der Waals surface area contributed by atoms with Gasteiger partial charge in [0.15, 0.2) is 5.17 Å². The molecule has 1 heterocycles. The van der Waals surface area contributed by atoms with E-state index in [0.717, 1.165) is 22.5 Å². The lowest BCUT2D eigenvalue weighted by atomic mass is 10.1. The summed E-state index contributed by atoms with van der Waals surface area (Å²) in [6.07, 6.45) is 1.74. The molecule has 0 spiro atoms. The number of benzene rings is 3. The minimum absolute atomic E-state index is 0.156. The number of amidine groups is 1. The number of amides is 1. The number of thioether (sulfide) groups is 1. The molecule has 0 unspecified atom stereocenters. The molecule has 0 radical (unpaired) electrons. The molecule has 0 N–H and O–H groups in total. The minimum Gasteiger partial charge on any atom is -0.268 e. The Labute approximate surface area is 202 Å². The minimum atomic E-state index is -0.156. The molecule has 0 atom stereocenters. The van der Waals surface area contributed by atoms with Crippen molar-refractivity contribution >= 4 is 63.5 Å². The molecular weight excluding hydrogens is 459 g/mol. The molecule has 4 rings (SSSR count). The Morgan fingerprint density at radius 2 is 1.47 bits per heavy atom.